The highest BCUT2D eigenvalue weighted by atomic mass is 32.1. The molecular weight excluding hydrogens is 440 g/mol. The van der Waals surface area contributed by atoms with E-state index in [2.05, 4.69) is 30.8 Å². The van der Waals surface area contributed by atoms with E-state index >= 15 is 0 Å². The third-order valence-corrected chi connectivity index (χ3v) is 6.78. The van der Waals surface area contributed by atoms with Gasteiger partial charge in [-0.2, -0.15) is 5.10 Å². The van der Waals surface area contributed by atoms with Crippen LogP contribution in [0, 0.1) is 6.92 Å². The summed E-state index contributed by atoms with van der Waals surface area (Å²) in [6, 6.07) is 10.6. The molecule has 1 aromatic carbocycles. The number of thiophene rings is 1. The molecule has 4 N–H and O–H groups in total. The van der Waals surface area contributed by atoms with E-state index in [1.807, 2.05) is 25.1 Å². The van der Waals surface area contributed by atoms with Crippen LogP contribution < -0.4 is 16.2 Å². The van der Waals surface area contributed by atoms with Crippen molar-refractivity contribution in [3.63, 3.8) is 0 Å². The molecule has 0 radical (unpaired) electrons. The first-order valence-corrected chi connectivity index (χ1v) is 11.2. The molecule has 5 rings (SSSR count). The molecule has 1 atom stereocenters. The number of rotatable bonds is 5. The number of nitrogens with zero attached hydrogens (tertiary/aromatic N) is 3. The number of aliphatic hydroxyl groups is 1. The number of carbonyl (C=O) groups is 1. The Hall–Kier alpha value is -3.89. The zero-order chi connectivity index (χ0) is 22.9. The summed E-state index contributed by atoms with van der Waals surface area (Å²) >= 11 is 1.42. The van der Waals surface area contributed by atoms with Crippen molar-refractivity contribution in [1.82, 2.24) is 20.2 Å². The molecule has 0 spiro atoms. The van der Waals surface area contributed by atoms with E-state index in [1.54, 1.807) is 24.4 Å². The molecule has 10 heteroatoms. The predicted octanol–water partition coefficient (Wildman–Crippen LogP) is 3.57. The van der Waals surface area contributed by atoms with Crippen LogP contribution in [-0.4, -0.2) is 31.2 Å². The molecule has 33 heavy (non-hydrogen) atoms. The van der Waals surface area contributed by atoms with Crippen molar-refractivity contribution in [1.29, 1.82) is 0 Å². The van der Waals surface area contributed by atoms with Crippen LogP contribution in [0.2, 0.25) is 0 Å². The summed E-state index contributed by atoms with van der Waals surface area (Å²) in [6.07, 6.45) is 3.98. The third kappa shape index (κ3) is 4.13. The van der Waals surface area contributed by atoms with Gasteiger partial charge in [-0.25, -0.2) is 15.1 Å². The standard InChI is InChI=1S/C23H20N6O3S/c1-12-13(16-10-17(22(31)29-28-16)26-21-7-8-24-11-25-21)3-2-4-15(12)27-23(32)20-9-14-18(30)5-6-19(14)33-20/h2-4,7-11,18,30H,5-6H2,1H3,(H,27,32)(H,29,31)(H,24,25,26,28). The van der Waals surface area contributed by atoms with Crippen LogP contribution >= 0.6 is 11.3 Å². The number of anilines is 3. The van der Waals surface area contributed by atoms with Crippen molar-refractivity contribution in [2.24, 2.45) is 0 Å². The molecule has 3 aromatic heterocycles. The van der Waals surface area contributed by atoms with Crippen LogP contribution in [0.15, 0.2) is 53.7 Å². The van der Waals surface area contributed by atoms with Gasteiger partial charge in [0.1, 0.15) is 17.8 Å². The van der Waals surface area contributed by atoms with Gasteiger partial charge in [-0.05, 0) is 55.2 Å². The Kier molecular flexibility index (Phi) is 5.45. The number of aromatic nitrogens is 4. The number of nitrogens with one attached hydrogen (secondary N) is 3. The molecule has 0 saturated carbocycles. The molecule has 1 aliphatic rings. The number of benzene rings is 1. The number of H-pyrrole nitrogens is 1. The summed E-state index contributed by atoms with van der Waals surface area (Å²) in [5.41, 5.74) is 3.52. The lowest BCUT2D eigenvalue weighted by Gasteiger charge is -2.12. The van der Waals surface area contributed by atoms with E-state index < -0.39 is 6.10 Å². The van der Waals surface area contributed by atoms with Gasteiger partial charge in [0, 0.05) is 22.3 Å². The second-order valence-corrected chi connectivity index (χ2v) is 8.83. The summed E-state index contributed by atoms with van der Waals surface area (Å²) in [5, 5.41) is 22.7. The first-order valence-electron chi connectivity index (χ1n) is 10.3. The number of aromatic amines is 1. The fourth-order valence-corrected chi connectivity index (χ4v) is 4.95. The number of carbonyl (C=O) groups excluding carboxylic acids is 1. The molecule has 0 fully saturated rings. The predicted molar refractivity (Wildman–Crippen MR) is 126 cm³/mol. The summed E-state index contributed by atoms with van der Waals surface area (Å²) in [7, 11) is 0. The van der Waals surface area contributed by atoms with Crippen LogP contribution in [0.5, 0.6) is 0 Å². The van der Waals surface area contributed by atoms with Gasteiger partial charge in [-0.15, -0.1) is 11.3 Å². The molecule has 3 heterocycles. The minimum Gasteiger partial charge on any atom is -0.388 e. The van der Waals surface area contributed by atoms with Crippen LogP contribution in [-0.2, 0) is 6.42 Å². The quantitative estimate of drug-likeness (QED) is 0.358. The third-order valence-electron chi connectivity index (χ3n) is 5.58. The molecular formula is C23H20N6O3S. The normalized spacial score (nSPS) is 14.7. The molecule has 0 saturated heterocycles. The second-order valence-electron chi connectivity index (χ2n) is 7.69. The van der Waals surface area contributed by atoms with Crippen molar-refractivity contribution < 1.29 is 9.90 Å². The summed E-state index contributed by atoms with van der Waals surface area (Å²) < 4.78 is 0. The van der Waals surface area contributed by atoms with Gasteiger partial charge in [-0.1, -0.05) is 12.1 Å². The van der Waals surface area contributed by atoms with Gasteiger partial charge in [0.25, 0.3) is 11.5 Å². The highest BCUT2D eigenvalue weighted by Gasteiger charge is 2.25. The van der Waals surface area contributed by atoms with Crippen molar-refractivity contribution in [3.8, 4) is 11.3 Å². The SMILES string of the molecule is Cc1c(NC(=O)c2cc3c(s2)CCC3O)cccc1-c1cc(Nc2ccncn2)c(=O)[nH]n1. The van der Waals surface area contributed by atoms with Crippen molar-refractivity contribution >= 4 is 34.4 Å². The van der Waals surface area contributed by atoms with Gasteiger partial charge in [-0.3, -0.25) is 9.59 Å². The van der Waals surface area contributed by atoms with Crippen molar-refractivity contribution in [2.45, 2.75) is 25.9 Å². The number of amides is 1. The van der Waals surface area contributed by atoms with Gasteiger partial charge < -0.3 is 15.7 Å². The highest BCUT2D eigenvalue weighted by Crippen LogP contribution is 2.37. The Morgan fingerprint density at radius 2 is 2.12 bits per heavy atom. The number of aryl methyl sites for hydroxylation is 1. The van der Waals surface area contributed by atoms with Crippen LogP contribution in [0.25, 0.3) is 11.3 Å². The Morgan fingerprint density at radius 3 is 2.91 bits per heavy atom. The molecule has 1 unspecified atom stereocenters. The van der Waals surface area contributed by atoms with Crippen molar-refractivity contribution in [2.75, 3.05) is 10.6 Å². The maximum atomic E-state index is 12.9. The van der Waals surface area contributed by atoms with E-state index in [4.69, 9.17) is 0 Å². The topological polar surface area (TPSA) is 133 Å². The first kappa shape index (κ1) is 21.0. The Balaban J connectivity index is 1.42. The fourth-order valence-electron chi connectivity index (χ4n) is 3.83. The second kappa shape index (κ2) is 8.57. The largest absolute Gasteiger partial charge is 0.388 e. The van der Waals surface area contributed by atoms with Gasteiger partial charge in [0.05, 0.1) is 16.7 Å². The van der Waals surface area contributed by atoms with Gasteiger partial charge in [0.15, 0.2) is 0 Å². The molecule has 4 aromatic rings. The van der Waals surface area contributed by atoms with Crippen LogP contribution in [0.4, 0.5) is 17.2 Å². The lowest BCUT2D eigenvalue weighted by molar-refractivity contribution is 0.103. The zero-order valence-corrected chi connectivity index (χ0v) is 18.4. The summed E-state index contributed by atoms with van der Waals surface area (Å²) in [5.74, 6) is 0.265. The van der Waals surface area contributed by atoms with Gasteiger partial charge in [0.2, 0.25) is 0 Å². The highest BCUT2D eigenvalue weighted by molar-refractivity contribution is 7.14. The Bertz CT molecular complexity index is 1400. The van der Waals surface area contributed by atoms with Crippen molar-refractivity contribution in [3.05, 3.63) is 80.2 Å². The maximum Gasteiger partial charge on any atom is 0.287 e. The van der Waals surface area contributed by atoms with Gasteiger partial charge >= 0.3 is 0 Å². The molecule has 1 amide bonds. The number of hydrogen-bond donors (Lipinski definition) is 4. The zero-order valence-electron chi connectivity index (χ0n) is 17.6. The van der Waals surface area contributed by atoms with E-state index in [1.165, 1.54) is 17.7 Å². The lowest BCUT2D eigenvalue weighted by Crippen LogP contribution is -2.14. The minimum atomic E-state index is -0.487. The molecule has 9 nitrogen and oxygen atoms in total. The van der Waals surface area contributed by atoms with E-state index in [0.717, 1.165) is 28.0 Å². The number of fused-ring (bicyclic) bond motifs is 1. The van der Waals surface area contributed by atoms with E-state index in [-0.39, 0.29) is 11.5 Å². The molecule has 166 valence electrons. The number of aliphatic hydroxyl groups excluding tert-OH is 1. The summed E-state index contributed by atoms with van der Waals surface area (Å²) in [6.45, 7) is 1.88. The van der Waals surface area contributed by atoms with E-state index in [9.17, 15) is 14.7 Å². The number of hydrogen-bond acceptors (Lipinski definition) is 8. The molecule has 0 bridgehead atoms. The molecule has 1 aliphatic carbocycles. The smallest absolute Gasteiger partial charge is 0.287 e. The maximum absolute atomic E-state index is 12.9. The Labute approximate surface area is 192 Å². The average Bonchev–Trinajstić information content (AvgIpc) is 3.40. The lowest BCUT2D eigenvalue weighted by atomic mass is 10.0. The van der Waals surface area contributed by atoms with Crippen LogP contribution in [0.3, 0.4) is 0 Å². The molecule has 0 aliphatic heterocycles. The average molecular weight is 461 g/mol. The monoisotopic (exact) mass is 460 g/mol. The first-order chi connectivity index (χ1) is 16.0. The minimum absolute atomic E-state index is 0.220. The Morgan fingerprint density at radius 1 is 1.24 bits per heavy atom. The van der Waals surface area contributed by atoms with Crippen LogP contribution in [0.1, 0.15) is 38.2 Å². The fraction of sp³-hybridized carbons (Fsp3) is 0.174. The summed E-state index contributed by atoms with van der Waals surface area (Å²) in [4.78, 5) is 34.7. The van der Waals surface area contributed by atoms with E-state index in [0.29, 0.717) is 34.2 Å².